The van der Waals surface area contributed by atoms with Crippen LogP contribution in [0.25, 0.3) is 80.7 Å². The minimum atomic E-state index is 1.19. The first-order chi connectivity index (χ1) is 20.9. The van der Waals surface area contributed by atoms with Gasteiger partial charge in [0.25, 0.3) is 0 Å². The van der Waals surface area contributed by atoms with E-state index in [1.54, 1.807) is 0 Å². The lowest BCUT2D eigenvalue weighted by Crippen LogP contribution is -1.93. The second-order valence-electron chi connectivity index (χ2n) is 10.9. The molecule has 0 spiro atoms. The molecule has 0 radical (unpaired) electrons. The Bertz CT molecular complexity index is 2390. The maximum atomic E-state index is 2.45. The molecule has 1 nitrogen and oxygen atoms in total. The van der Waals surface area contributed by atoms with Gasteiger partial charge in [-0.15, -0.1) is 11.3 Å². The van der Waals surface area contributed by atoms with E-state index in [2.05, 4.69) is 156 Å². The number of hydrogen-bond acceptors (Lipinski definition) is 1. The van der Waals surface area contributed by atoms with Crippen LogP contribution in [0.15, 0.2) is 152 Å². The lowest BCUT2D eigenvalue weighted by molar-refractivity contribution is 1.19. The van der Waals surface area contributed by atoms with Gasteiger partial charge in [0, 0.05) is 21.2 Å². The van der Waals surface area contributed by atoms with Gasteiger partial charge in [-0.3, -0.25) is 0 Å². The number of benzene rings is 7. The van der Waals surface area contributed by atoms with Gasteiger partial charge in [0.05, 0.1) is 15.7 Å². The number of thiophene rings is 1. The molecule has 2 aromatic heterocycles. The zero-order chi connectivity index (χ0) is 27.6. The second kappa shape index (κ2) is 9.17. The Kier molecular flexibility index (Phi) is 5.13. The predicted molar refractivity (Wildman–Crippen MR) is 182 cm³/mol. The van der Waals surface area contributed by atoms with Crippen LogP contribution >= 0.6 is 11.3 Å². The largest absolute Gasteiger partial charge is 0.308 e. The van der Waals surface area contributed by atoms with Crippen molar-refractivity contribution in [2.45, 2.75) is 0 Å². The van der Waals surface area contributed by atoms with Gasteiger partial charge in [0.1, 0.15) is 0 Å². The fraction of sp³-hybridized carbons (Fsp3) is 0. The van der Waals surface area contributed by atoms with Crippen LogP contribution < -0.4 is 0 Å². The highest BCUT2D eigenvalue weighted by Crippen LogP contribution is 2.47. The fourth-order valence-corrected chi connectivity index (χ4v) is 8.04. The molecule has 0 N–H and O–H groups in total. The zero-order valence-corrected chi connectivity index (χ0v) is 23.6. The maximum Gasteiger partial charge on any atom is 0.0727 e. The van der Waals surface area contributed by atoms with Crippen molar-refractivity contribution >= 4 is 64.1 Å². The molecule has 0 aliphatic heterocycles. The number of rotatable bonds is 3. The standard InChI is InChI=1S/C40H25NS/c1-3-13-26(14-4-1)37-29-17-7-9-19-31(29)38(32-20-10-8-18-30(32)37)27-23-24-35-34(25-27)40-39(33-21-11-12-22-36(33)42-40)41(35)28-15-5-2-6-16-28/h1-25H. The molecule has 2 heterocycles. The summed E-state index contributed by atoms with van der Waals surface area (Å²) in [6.45, 7) is 0. The summed E-state index contributed by atoms with van der Waals surface area (Å²) < 4.78 is 5.11. The SMILES string of the molecule is c1ccc(-c2c3ccccc3c(-c3ccc4c(c3)c3sc5ccccc5c3n4-c3ccccc3)c3ccccc23)cc1. The summed E-state index contributed by atoms with van der Waals surface area (Å²) in [7, 11) is 0. The van der Waals surface area contributed by atoms with Crippen molar-refractivity contribution in [2.75, 3.05) is 0 Å². The Labute approximate surface area is 247 Å². The maximum absolute atomic E-state index is 2.45. The van der Waals surface area contributed by atoms with Crippen LogP contribution in [0.4, 0.5) is 0 Å². The van der Waals surface area contributed by atoms with Crippen LogP contribution in [0, 0.1) is 0 Å². The Morgan fingerprint density at radius 3 is 1.57 bits per heavy atom. The van der Waals surface area contributed by atoms with Crippen LogP contribution in [0.3, 0.4) is 0 Å². The lowest BCUT2D eigenvalue weighted by Gasteiger charge is -2.18. The highest BCUT2D eigenvalue weighted by molar-refractivity contribution is 7.26. The van der Waals surface area contributed by atoms with Crippen LogP contribution in [-0.4, -0.2) is 4.57 Å². The normalized spacial score (nSPS) is 11.8. The average Bonchev–Trinajstić information content (AvgIpc) is 3.59. The monoisotopic (exact) mass is 551 g/mol. The quantitative estimate of drug-likeness (QED) is 0.192. The minimum Gasteiger partial charge on any atom is -0.308 e. The van der Waals surface area contributed by atoms with E-state index >= 15 is 0 Å². The summed E-state index contributed by atoms with van der Waals surface area (Å²) in [5.74, 6) is 0. The van der Waals surface area contributed by atoms with Gasteiger partial charge in [-0.25, -0.2) is 0 Å². The zero-order valence-electron chi connectivity index (χ0n) is 22.8. The topological polar surface area (TPSA) is 4.93 Å². The van der Waals surface area contributed by atoms with Crippen LogP contribution in [0.5, 0.6) is 0 Å². The summed E-state index contributed by atoms with van der Waals surface area (Å²) in [4.78, 5) is 0. The number of hydrogen-bond donors (Lipinski definition) is 0. The summed E-state index contributed by atoms with van der Waals surface area (Å²) in [5, 5.41) is 7.74. The highest BCUT2D eigenvalue weighted by atomic mass is 32.1. The van der Waals surface area contributed by atoms with E-state index in [1.807, 2.05) is 11.3 Å². The molecule has 0 fully saturated rings. The van der Waals surface area contributed by atoms with E-state index < -0.39 is 0 Å². The molecule has 9 rings (SSSR count). The van der Waals surface area contributed by atoms with Gasteiger partial charge in [-0.05, 0) is 74.1 Å². The molecule has 7 aromatic carbocycles. The molecule has 0 atom stereocenters. The molecule has 196 valence electrons. The van der Waals surface area contributed by atoms with E-state index in [9.17, 15) is 0 Å². The minimum absolute atomic E-state index is 1.19. The molecule has 0 aliphatic carbocycles. The Morgan fingerprint density at radius 2 is 0.929 bits per heavy atom. The smallest absolute Gasteiger partial charge is 0.0727 e. The molecular weight excluding hydrogens is 527 g/mol. The third kappa shape index (κ3) is 3.36. The van der Waals surface area contributed by atoms with Crippen LogP contribution in [0.2, 0.25) is 0 Å². The molecule has 0 aliphatic rings. The first kappa shape index (κ1) is 23.5. The van der Waals surface area contributed by atoms with Crippen molar-refractivity contribution in [3.05, 3.63) is 152 Å². The third-order valence-corrected chi connectivity index (χ3v) is 9.77. The van der Waals surface area contributed by atoms with Gasteiger partial charge in [-0.1, -0.05) is 121 Å². The summed E-state index contributed by atoms with van der Waals surface area (Å²) >= 11 is 1.90. The fourth-order valence-electron chi connectivity index (χ4n) is 6.83. The molecule has 0 bridgehead atoms. The van der Waals surface area contributed by atoms with Crippen molar-refractivity contribution in [1.82, 2.24) is 4.57 Å². The van der Waals surface area contributed by atoms with Gasteiger partial charge in [0.15, 0.2) is 0 Å². The summed E-state index contributed by atoms with van der Waals surface area (Å²) in [6.07, 6.45) is 0. The lowest BCUT2D eigenvalue weighted by atomic mass is 9.86. The number of aromatic nitrogens is 1. The van der Waals surface area contributed by atoms with E-state index in [0.29, 0.717) is 0 Å². The van der Waals surface area contributed by atoms with Gasteiger partial charge < -0.3 is 4.57 Å². The Balaban J connectivity index is 1.41. The van der Waals surface area contributed by atoms with Crippen molar-refractivity contribution in [1.29, 1.82) is 0 Å². The van der Waals surface area contributed by atoms with Crippen LogP contribution in [-0.2, 0) is 0 Å². The molecule has 9 aromatic rings. The molecule has 2 heteroatoms. The molecule has 0 amide bonds. The van der Waals surface area contributed by atoms with Gasteiger partial charge in [0.2, 0.25) is 0 Å². The summed E-state index contributed by atoms with van der Waals surface area (Å²) in [5.41, 5.74) is 8.82. The Hall–Kier alpha value is -5.18. The highest BCUT2D eigenvalue weighted by Gasteiger charge is 2.20. The molecule has 0 saturated heterocycles. The van der Waals surface area contributed by atoms with Crippen molar-refractivity contribution < 1.29 is 0 Å². The molecular formula is C40H25NS. The van der Waals surface area contributed by atoms with E-state index in [1.165, 1.54) is 80.7 Å². The van der Waals surface area contributed by atoms with Crippen molar-refractivity contribution in [2.24, 2.45) is 0 Å². The van der Waals surface area contributed by atoms with Crippen LogP contribution in [0.1, 0.15) is 0 Å². The van der Waals surface area contributed by atoms with E-state index in [0.717, 1.165) is 0 Å². The molecule has 0 unspecified atom stereocenters. The molecule has 42 heavy (non-hydrogen) atoms. The number of para-hydroxylation sites is 1. The van der Waals surface area contributed by atoms with Crippen molar-refractivity contribution in [3.8, 4) is 27.9 Å². The Morgan fingerprint density at radius 1 is 0.405 bits per heavy atom. The first-order valence-corrected chi connectivity index (χ1v) is 15.2. The van der Waals surface area contributed by atoms with E-state index in [-0.39, 0.29) is 0 Å². The number of nitrogens with zero attached hydrogens (tertiary/aromatic N) is 1. The predicted octanol–water partition coefficient (Wildman–Crippen LogP) is 11.6. The number of fused-ring (bicyclic) bond motifs is 7. The van der Waals surface area contributed by atoms with E-state index in [4.69, 9.17) is 0 Å². The van der Waals surface area contributed by atoms with Gasteiger partial charge >= 0.3 is 0 Å². The average molecular weight is 552 g/mol. The van der Waals surface area contributed by atoms with Crippen molar-refractivity contribution in [3.63, 3.8) is 0 Å². The second-order valence-corrected chi connectivity index (χ2v) is 11.9. The first-order valence-electron chi connectivity index (χ1n) is 14.4. The third-order valence-electron chi connectivity index (χ3n) is 8.57. The summed E-state index contributed by atoms with van der Waals surface area (Å²) in [6, 6.07) is 55.3. The van der Waals surface area contributed by atoms with Gasteiger partial charge in [-0.2, -0.15) is 0 Å². The molecule has 0 saturated carbocycles.